The predicted octanol–water partition coefficient (Wildman–Crippen LogP) is 3.70. The summed E-state index contributed by atoms with van der Waals surface area (Å²) in [7, 11) is 0. The van der Waals surface area contributed by atoms with Crippen molar-refractivity contribution >= 4 is 0 Å². The SMILES string of the molecule is C1=CCCCCCC1.C=C. The van der Waals surface area contributed by atoms with Gasteiger partial charge >= 0.3 is 0 Å². The van der Waals surface area contributed by atoms with Gasteiger partial charge in [-0.25, -0.2) is 0 Å². The Morgan fingerprint density at radius 3 is 1.50 bits per heavy atom. The normalized spacial score (nSPS) is 18.0. The molecule has 0 aliphatic heterocycles. The molecule has 0 bridgehead atoms. The Balaban J connectivity index is 0.000000371. The largest absolute Gasteiger partial charge is 0.106 e. The Morgan fingerprint density at radius 2 is 1.10 bits per heavy atom. The van der Waals surface area contributed by atoms with Gasteiger partial charge in [-0.3, -0.25) is 0 Å². The van der Waals surface area contributed by atoms with E-state index in [2.05, 4.69) is 25.3 Å². The molecule has 0 aromatic heterocycles. The van der Waals surface area contributed by atoms with Gasteiger partial charge in [0.15, 0.2) is 0 Å². The fourth-order valence-electron chi connectivity index (χ4n) is 1.11. The number of rotatable bonds is 0. The molecular weight excluding hydrogens is 120 g/mol. The minimum atomic E-state index is 1.32. The van der Waals surface area contributed by atoms with E-state index in [0.717, 1.165) is 0 Å². The molecule has 0 unspecified atom stereocenters. The topological polar surface area (TPSA) is 0 Å². The summed E-state index contributed by atoms with van der Waals surface area (Å²) in [5.41, 5.74) is 0. The van der Waals surface area contributed by atoms with E-state index in [1.165, 1.54) is 38.5 Å². The molecule has 0 aromatic carbocycles. The van der Waals surface area contributed by atoms with Crippen molar-refractivity contribution in [3.8, 4) is 0 Å². The Kier molecular flexibility index (Phi) is 8.04. The Labute approximate surface area is 64.6 Å². The first-order valence-electron chi connectivity index (χ1n) is 4.15. The van der Waals surface area contributed by atoms with Gasteiger partial charge in [0.05, 0.1) is 0 Å². The van der Waals surface area contributed by atoms with Crippen molar-refractivity contribution in [2.45, 2.75) is 38.5 Å². The fraction of sp³-hybridized carbons (Fsp3) is 0.600. The summed E-state index contributed by atoms with van der Waals surface area (Å²) in [6.45, 7) is 6.00. The van der Waals surface area contributed by atoms with Crippen LogP contribution in [0.15, 0.2) is 25.3 Å². The van der Waals surface area contributed by atoms with Gasteiger partial charge in [-0.2, -0.15) is 0 Å². The molecule has 58 valence electrons. The van der Waals surface area contributed by atoms with Crippen LogP contribution < -0.4 is 0 Å². The summed E-state index contributed by atoms with van der Waals surface area (Å²) in [5.74, 6) is 0. The summed E-state index contributed by atoms with van der Waals surface area (Å²) >= 11 is 0. The third-order valence-corrected chi connectivity index (χ3v) is 1.66. The maximum Gasteiger partial charge on any atom is -0.0351 e. The minimum absolute atomic E-state index is 1.32. The Bertz CT molecular complexity index is 72.0. The van der Waals surface area contributed by atoms with Crippen molar-refractivity contribution in [1.29, 1.82) is 0 Å². The van der Waals surface area contributed by atoms with Crippen molar-refractivity contribution in [2.75, 3.05) is 0 Å². The molecule has 0 saturated heterocycles. The highest BCUT2D eigenvalue weighted by molar-refractivity contribution is 4.82. The molecule has 1 aliphatic rings. The average Bonchev–Trinajstić information content (AvgIpc) is 1.90. The molecule has 0 aromatic rings. The molecule has 0 amide bonds. The molecule has 0 heteroatoms. The molecule has 0 nitrogen and oxygen atoms in total. The van der Waals surface area contributed by atoms with Crippen LogP contribution in [0.4, 0.5) is 0 Å². The van der Waals surface area contributed by atoms with Crippen LogP contribution in [0.5, 0.6) is 0 Å². The van der Waals surface area contributed by atoms with Gasteiger partial charge in [0.25, 0.3) is 0 Å². The van der Waals surface area contributed by atoms with E-state index < -0.39 is 0 Å². The van der Waals surface area contributed by atoms with Crippen molar-refractivity contribution in [3.63, 3.8) is 0 Å². The Morgan fingerprint density at radius 1 is 0.700 bits per heavy atom. The smallest absolute Gasteiger partial charge is 0.0351 e. The second-order valence-electron chi connectivity index (χ2n) is 2.46. The van der Waals surface area contributed by atoms with Crippen molar-refractivity contribution in [3.05, 3.63) is 25.3 Å². The molecule has 0 fully saturated rings. The summed E-state index contributed by atoms with van der Waals surface area (Å²) in [5, 5.41) is 0. The van der Waals surface area contributed by atoms with Crippen LogP contribution in [0.3, 0.4) is 0 Å². The van der Waals surface area contributed by atoms with Gasteiger partial charge < -0.3 is 0 Å². The monoisotopic (exact) mass is 138 g/mol. The summed E-state index contributed by atoms with van der Waals surface area (Å²) < 4.78 is 0. The van der Waals surface area contributed by atoms with Crippen LogP contribution in [0.2, 0.25) is 0 Å². The van der Waals surface area contributed by atoms with Gasteiger partial charge in [-0.05, 0) is 25.7 Å². The first kappa shape index (κ1) is 9.48. The molecule has 10 heavy (non-hydrogen) atoms. The van der Waals surface area contributed by atoms with Crippen molar-refractivity contribution in [1.82, 2.24) is 0 Å². The summed E-state index contributed by atoms with van der Waals surface area (Å²) in [6, 6.07) is 0. The van der Waals surface area contributed by atoms with Crippen LogP contribution in [-0.2, 0) is 0 Å². The predicted molar refractivity (Wildman–Crippen MR) is 48.1 cm³/mol. The lowest BCUT2D eigenvalue weighted by Gasteiger charge is -2.00. The molecule has 1 aliphatic carbocycles. The lowest BCUT2D eigenvalue weighted by Crippen LogP contribution is -1.80. The first-order chi connectivity index (χ1) is 5.00. The summed E-state index contributed by atoms with van der Waals surface area (Å²) in [6.07, 6.45) is 13.0. The van der Waals surface area contributed by atoms with Gasteiger partial charge in [-0.1, -0.05) is 25.0 Å². The van der Waals surface area contributed by atoms with Crippen LogP contribution in [0, 0.1) is 0 Å². The van der Waals surface area contributed by atoms with E-state index in [4.69, 9.17) is 0 Å². The molecular formula is C10H18. The van der Waals surface area contributed by atoms with E-state index in [9.17, 15) is 0 Å². The molecule has 0 spiro atoms. The highest BCUT2D eigenvalue weighted by Crippen LogP contribution is 2.09. The van der Waals surface area contributed by atoms with Crippen molar-refractivity contribution < 1.29 is 0 Å². The minimum Gasteiger partial charge on any atom is -0.106 e. The van der Waals surface area contributed by atoms with E-state index in [1.54, 1.807) is 0 Å². The Hall–Kier alpha value is -0.520. The third kappa shape index (κ3) is 5.61. The van der Waals surface area contributed by atoms with Crippen molar-refractivity contribution in [2.24, 2.45) is 0 Å². The first-order valence-corrected chi connectivity index (χ1v) is 4.15. The number of allylic oxidation sites excluding steroid dienone is 2. The zero-order valence-corrected chi connectivity index (χ0v) is 6.81. The molecule has 0 atom stereocenters. The summed E-state index contributed by atoms with van der Waals surface area (Å²) in [4.78, 5) is 0. The van der Waals surface area contributed by atoms with Crippen LogP contribution in [0.25, 0.3) is 0 Å². The molecule has 1 rings (SSSR count). The fourth-order valence-corrected chi connectivity index (χ4v) is 1.11. The van der Waals surface area contributed by atoms with Gasteiger partial charge in [-0.15, -0.1) is 13.2 Å². The zero-order valence-electron chi connectivity index (χ0n) is 6.81. The highest BCUT2D eigenvalue weighted by atomic mass is 14.0. The van der Waals surface area contributed by atoms with E-state index in [1.807, 2.05) is 0 Å². The molecule has 0 heterocycles. The zero-order chi connectivity index (χ0) is 7.66. The van der Waals surface area contributed by atoms with Gasteiger partial charge in [0.2, 0.25) is 0 Å². The van der Waals surface area contributed by atoms with Gasteiger partial charge in [0.1, 0.15) is 0 Å². The average molecular weight is 138 g/mol. The molecule has 0 N–H and O–H groups in total. The number of hydrogen-bond acceptors (Lipinski definition) is 0. The standard InChI is InChI=1S/C8H14.C2H4/c1-2-4-6-8-7-5-3-1;1-2/h1-2H,3-8H2;1-2H2. The molecule has 0 radical (unpaired) electrons. The quantitative estimate of drug-likeness (QED) is 0.448. The second kappa shape index (κ2) is 8.48. The van der Waals surface area contributed by atoms with Crippen LogP contribution >= 0.6 is 0 Å². The van der Waals surface area contributed by atoms with Crippen LogP contribution in [-0.4, -0.2) is 0 Å². The maximum atomic E-state index is 3.00. The van der Waals surface area contributed by atoms with Crippen LogP contribution in [0.1, 0.15) is 38.5 Å². The van der Waals surface area contributed by atoms with E-state index >= 15 is 0 Å². The maximum absolute atomic E-state index is 3.00. The lowest BCUT2D eigenvalue weighted by molar-refractivity contribution is 0.638. The molecule has 0 saturated carbocycles. The second-order valence-corrected chi connectivity index (χ2v) is 2.46. The van der Waals surface area contributed by atoms with Gasteiger partial charge in [0, 0.05) is 0 Å². The van der Waals surface area contributed by atoms with E-state index in [0.29, 0.717) is 0 Å². The number of hydrogen-bond donors (Lipinski definition) is 0. The lowest BCUT2D eigenvalue weighted by atomic mass is 10.1. The highest BCUT2D eigenvalue weighted by Gasteiger charge is 1.89. The van der Waals surface area contributed by atoms with E-state index in [-0.39, 0.29) is 0 Å². The third-order valence-electron chi connectivity index (χ3n) is 1.66.